The van der Waals surface area contributed by atoms with E-state index in [1.807, 2.05) is 0 Å². The number of aliphatic hydroxyl groups excluding tert-OH is 1. The van der Waals surface area contributed by atoms with E-state index in [1.165, 1.54) is 38.5 Å². The molecular weight excluding hydrogens is 474 g/mol. The van der Waals surface area contributed by atoms with Gasteiger partial charge >= 0.3 is 0 Å². The lowest BCUT2D eigenvalue weighted by molar-refractivity contribution is -0.0806. The van der Waals surface area contributed by atoms with Gasteiger partial charge in [0.25, 0.3) is 0 Å². The van der Waals surface area contributed by atoms with Gasteiger partial charge in [0.1, 0.15) is 0 Å². The number of hydrogen-bond acceptors (Lipinski definition) is 5. The van der Waals surface area contributed by atoms with Crippen molar-refractivity contribution in [2.75, 3.05) is 40.0 Å². The van der Waals surface area contributed by atoms with Crippen LogP contribution in [0, 0.1) is 35.0 Å². The third-order valence-electron chi connectivity index (χ3n) is 12.2. The highest BCUT2D eigenvalue weighted by molar-refractivity contribution is 5.33. The van der Waals surface area contributed by atoms with Gasteiger partial charge in [-0.25, -0.2) is 0 Å². The summed E-state index contributed by atoms with van der Waals surface area (Å²) in [5.74, 6) is 3.53. The topological polar surface area (TPSA) is 51.2 Å². The van der Waals surface area contributed by atoms with Crippen LogP contribution in [0.4, 0.5) is 0 Å². The third-order valence-corrected chi connectivity index (χ3v) is 12.2. The standard InChI is InChI=1S/C33H53NO4/c1-21-16-30-31(34(20-21)12-13-37-15-14-36-5)23(3)33(38-30)11-9-26-27-7-6-24-17-25(35)8-10-32(24,4)29(27)18-28(26)22(2)19-33/h17,21,23,25-27,29-31,35H,6-16,18-20H2,1-5H3/t21-,23+,25-,26-,27-,29-,30?,31-,32-,33-/m0/s1. The van der Waals surface area contributed by atoms with Crippen molar-refractivity contribution in [2.24, 2.45) is 35.0 Å². The van der Waals surface area contributed by atoms with Crippen LogP contribution in [-0.2, 0) is 14.2 Å². The number of allylic oxidation sites excluding steroid dienone is 2. The van der Waals surface area contributed by atoms with Crippen molar-refractivity contribution in [1.82, 2.24) is 4.90 Å². The molecule has 1 N–H and O–H groups in total. The minimum Gasteiger partial charge on any atom is -0.389 e. The molecule has 0 radical (unpaired) electrons. The average molecular weight is 528 g/mol. The summed E-state index contributed by atoms with van der Waals surface area (Å²) >= 11 is 0. The van der Waals surface area contributed by atoms with E-state index in [0.29, 0.717) is 42.6 Å². The average Bonchev–Trinajstić information content (AvgIpc) is 3.34. The van der Waals surface area contributed by atoms with Crippen molar-refractivity contribution in [3.05, 3.63) is 22.8 Å². The number of aliphatic hydroxyl groups is 1. The highest BCUT2D eigenvalue weighted by Crippen LogP contribution is 2.64. The number of piperidine rings is 1. The van der Waals surface area contributed by atoms with Crippen LogP contribution >= 0.6 is 0 Å². The zero-order valence-electron chi connectivity index (χ0n) is 24.7. The van der Waals surface area contributed by atoms with E-state index in [-0.39, 0.29) is 11.7 Å². The van der Waals surface area contributed by atoms with Gasteiger partial charge in [-0.15, -0.1) is 0 Å². The van der Waals surface area contributed by atoms with Crippen LogP contribution in [0.1, 0.15) is 85.5 Å². The third kappa shape index (κ3) is 4.57. The summed E-state index contributed by atoms with van der Waals surface area (Å²) in [7, 11) is 1.74. The highest BCUT2D eigenvalue weighted by Gasteiger charge is 2.59. The second-order valence-electron chi connectivity index (χ2n) is 14.3. The molecule has 2 heterocycles. The molecule has 38 heavy (non-hydrogen) atoms. The largest absolute Gasteiger partial charge is 0.389 e. The van der Waals surface area contributed by atoms with Crippen molar-refractivity contribution < 1.29 is 19.3 Å². The molecule has 2 saturated carbocycles. The fraction of sp³-hybridized carbons (Fsp3) is 0.879. The minimum atomic E-state index is -0.217. The number of ether oxygens (including phenoxy) is 3. The molecule has 2 saturated heterocycles. The molecule has 5 nitrogen and oxygen atoms in total. The Balaban J connectivity index is 1.20. The number of likely N-dealkylation sites (tertiary alicyclic amines) is 1. The number of rotatable bonds is 6. The number of hydrogen-bond donors (Lipinski definition) is 1. The van der Waals surface area contributed by atoms with E-state index in [9.17, 15) is 5.11 Å². The molecule has 10 atom stereocenters. The van der Waals surface area contributed by atoms with Crippen LogP contribution in [0.2, 0.25) is 0 Å². The summed E-state index contributed by atoms with van der Waals surface area (Å²) in [4.78, 5) is 2.71. The maximum atomic E-state index is 10.3. The number of methoxy groups -OCH3 is 1. The molecule has 0 aromatic heterocycles. The Morgan fingerprint density at radius 1 is 1.13 bits per heavy atom. The fourth-order valence-electron chi connectivity index (χ4n) is 10.3. The molecule has 0 bridgehead atoms. The van der Waals surface area contributed by atoms with Gasteiger partial charge in [0, 0.05) is 32.2 Å². The van der Waals surface area contributed by atoms with E-state index in [1.54, 1.807) is 23.8 Å². The molecule has 214 valence electrons. The lowest BCUT2D eigenvalue weighted by Gasteiger charge is -2.49. The van der Waals surface area contributed by atoms with Gasteiger partial charge in [-0.3, -0.25) is 4.90 Å². The molecule has 5 heteroatoms. The summed E-state index contributed by atoms with van der Waals surface area (Å²) in [6, 6.07) is 0.510. The van der Waals surface area contributed by atoms with Gasteiger partial charge < -0.3 is 19.3 Å². The molecule has 6 aliphatic rings. The first-order valence-corrected chi connectivity index (χ1v) is 15.8. The predicted octanol–water partition coefficient (Wildman–Crippen LogP) is 5.77. The van der Waals surface area contributed by atoms with Gasteiger partial charge in [0.15, 0.2) is 0 Å². The summed E-state index contributed by atoms with van der Waals surface area (Å²) < 4.78 is 18.3. The van der Waals surface area contributed by atoms with Gasteiger partial charge in [-0.2, -0.15) is 0 Å². The Morgan fingerprint density at radius 2 is 1.97 bits per heavy atom. The highest BCUT2D eigenvalue weighted by atomic mass is 16.5. The molecule has 4 fully saturated rings. The van der Waals surface area contributed by atoms with Crippen molar-refractivity contribution in [3.8, 4) is 0 Å². The van der Waals surface area contributed by atoms with Crippen molar-refractivity contribution >= 4 is 0 Å². The fourth-order valence-corrected chi connectivity index (χ4v) is 10.3. The Bertz CT molecular complexity index is 945. The Kier molecular flexibility index (Phi) is 7.65. The van der Waals surface area contributed by atoms with Crippen LogP contribution in [0.5, 0.6) is 0 Å². The maximum absolute atomic E-state index is 10.3. The summed E-state index contributed by atoms with van der Waals surface area (Å²) in [6.07, 6.45) is 13.1. The van der Waals surface area contributed by atoms with E-state index in [2.05, 4.69) is 38.7 Å². The van der Waals surface area contributed by atoms with E-state index in [4.69, 9.17) is 14.2 Å². The molecule has 0 amide bonds. The van der Waals surface area contributed by atoms with Crippen LogP contribution in [0.25, 0.3) is 0 Å². The van der Waals surface area contributed by atoms with Gasteiger partial charge in [-0.05, 0) is 93.8 Å². The summed E-state index contributed by atoms with van der Waals surface area (Å²) in [6.45, 7) is 14.2. The Hall–Kier alpha value is -0.720. The van der Waals surface area contributed by atoms with Crippen molar-refractivity contribution in [3.63, 3.8) is 0 Å². The van der Waals surface area contributed by atoms with Gasteiger partial charge in [0.05, 0.1) is 37.6 Å². The summed E-state index contributed by atoms with van der Waals surface area (Å²) in [5.41, 5.74) is 5.31. The zero-order chi connectivity index (χ0) is 26.7. The van der Waals surface area contributed by atoms with Gasteiger partial charge in [-0.1, -0.05) is 43.6 Å². The Morgan fingerprint density at radius 3 is 2.79 bits per heavy atom. The smallest absolute Gasteiger partial charge is 0.0765 e. The molecule has 1 spiro atoms. The first kappa shape index (κ1) is 27.4. The lowest BCUT2D eigenvalue weighted by Crippen LogP contribution is -2.52. The maximum Gasteiger partial charge on any atom is 0.0765 e. The Labute approximate surface area is 231 Å². The SMILES string of the molecule is COCCOCCN1C[C@@H](C)CC2O[C@]3(CC[C@@H]4C(=C(C)C3)C[C@H]3[C@H]4CCC4=C[C@@H](O)CC[C@@]43C)[C@H](C)[C@@H]21. The van der Waals surface area contributed by atoms with Crippen molar-refractivity contribution in [1.29, 1.82) is 0 Å². The van der Waals surface area contributed by atoms with Crippen molar-refractivity contribution in [2.45, 2.75) is 109 Å². The molecule has 0 aromatic rings. The first-order valence-electron chi connectivity index (χ1n) is 15.8. The lowest BCUT2D eigenvalue weighted by atomic mass is 9.56. The van der Waals surface area contributed by atoms with Gasteiger partial charge in [0.2, 0.25) is 0 Å². The molecule has 6 rings (SSSR count). The molecular formula is C33H53NO4. The number of fused-ring (bicyclic) bond motifs is 6. The van der Waals surface area contributed by atoms with Crippen LogP contribution in [0.15, 0.2) is 22.8 Å². The zero-order valence-corrected chi connectivity index (χ0v) is 24.7. The molecule has 1 unspecified atom stereocenters. The van der Waals surface area contributed by atoms with E-state index >= 15 is 0 Å². The second kappa shape index (κ2) is 10.6. The van der Waals surface area contributed by atoms with Crippen LogP contribution in [0.3, 0.4) is 0 Å². The van der Waals surface area contributed by atoms with E-state index in [0.717, 1.165) is 56.7 Å². The second-order valence-corrected chi connectivity index (χ2v) is 14.3. The quantitative estimate of drug-likeness (QED) is 0.351. The minimum absolute atomic E-state index is 0.00987. The molecule has 0 aromatic carbocycles. The van der Waals surface area contributed by atoms with E-state index < -0.39 is 0 Å². The monoisotopic (exact) mass is 527 g/mol. The number of nitrogens with zero attached hydrogens (tertiary/aromatic N) is 1. The first-order chi connectivity index (χ1) is 18.3. The van der Waals surface area contributed by atoms with Crippen LogP contribution in [-0.4, -0.2) is 73.9 Å². The summed E-state index contributed by atoms with van der Waals surface area (Å²) in [5, 5.41) is 10.3. The predicted molar refractivity (Wildman–Crippen MR) is 151 cm³/mol. The van der Waals surface area contributed by atoms with Crippen LogP contribution < -0.4 is 0 Å². The molecule has 2 aliphatic heterocycles. The molecule has 4 aliphatic carbocycles. The normalized spacial score (nSPS) is 46.8.